The van der Waals surface area contributed by atoms with E-state index in [1.165, 1.54) is 12.8 Å². The zero-order valence-electron chi connectivity index (χ0n) is 6.71. The summed E-state index contributed by atoms with van der Waals surface area (Å²) in [5.74, 6) is 0.639. The predicted octanol–water partition coefficient (Wildman–Crippen LogP) is 1.18. The van der Waals surface area contributed by atoms with Crippen molar-refractivity contribution in [2.75, 3.05) is 7.11 Å². The van der Waals surface area contributed by atoms with E-state index in [0.717, 1.165) is 6.42 Å². The molecule has 0 bridgehead atoms. The van der Waals surface area contributed by atoms with Gasteiger partial charge >= 0.3 is 0 Å². The van der Waals surface area contributed by atoms with E-state index in [2.05, 4.69) is 0 Å². The van der Waals surface area contributed by atoms with Gasteiger partial charge in [-0.15, -0.1) is 0 Å². The first-order valence-electron chi connectivity index (χ1n) is 4.00. The Kier molecular flexibility index (Phi) is 2.69. The Morgan fingerprint density at radius 1 is 1.60 bits per heavy atom. The molecular formula is C8H16O2. The van der Waals surface area contributed by atoms with Gasteiger partial charge in [0.15, 0.2) is 0 Å². The molecule has 10 heavy (non-hydrogen) atoms. The maximum atomic E-state index is 9.40. The van der Waals surface area contributed by atoms with Gasteiger partial charge in [-0.1, -0.05) is 6.92 Å². The summed E-state index contributed by atoms with van der Waals surface area (Å²) in [5, 5.41) is 9.40. The van der Waals surface area contributed by atoms with Crippen LogP contribution in [0.2, 0.25) is 0 Å². The lowest BCUT2D eigenvalue weighted by Gasteiger charge is -2.19. The lowest BCUT2D eigenvalue weighted by atomic mass is 10.1. The molecule has 1 rings (SSSR count). The van der Waals surface area contributed by atoms with E-state index in [1.807, 2.05) is 6.92 Å². The topological polar surface area (TPSA) is 29.5 Å². The summed E-state index contributed by atoms with van der Waals surface area (Å²) in [4.78, 5) is 0. The molecule has 1 fully saturated rings. The second-order valence-corrected chi connectivity index (χ2v) is 3.01. The molecule has 1 aliphatic rings. The number of hydrogen-bond acceptors (Lipinski definition) is 2. The fraction of sp³-hybridized carbons (Fsp3) is 1.00. The van der Waals surface area contributed by atoms with Crippen molar-refractivity contribution in [3.63, 3.8) is 0 Å². The van der Waals surface area contributed by atoms with Crippen LogP contribution >= 0.6 is 0 Å². The van der Waals surface area contributed by atoms with Gasteiger partial charge in [0, 0.05) is 7.11 Å². The number of rotatable bonds is 4. The van der Waals surface area contributed by atoms with E-state index in [9.17, 15) is 5.11 Å². The summed E-state index contributed by atoms with van der Waals surface area (Å²) in [5.41, 5.74) is 0. The van der Waals surface area contributed by atoms with Crippen LogP contribution < -0.4 is 0 Å². The number of methoxy groups -OCH3 is 1. The lowest BCUT2D eigenvalue weighted by molar-refractivity contribution is -0.0256. The van der Waals surface area contributed by atoms with E-state index in [-0.39, 0.29) is 12.2 Å². The van der Waals surface area contributed by atoms with Crippen molar-refractivity contribution in [3.05, 3.63) is 0 Å². The van der Waals surface area contributed by atoms with Crippen molar-refractivity contribution in [1.82, 2.24) is 0 Å². The Bertz CT molecular complexity index is 99.4. The SMILES string of the molecule is CCC(O)C(OC)C1CC1. The van der Waals surface area contributed by atoms with Crippen molar-refractivity contribution in [2.24, 2.45) is 5.92 Å². The van der Waals surface area contributed by atoms with Crippen molar-refractivity contribution in [3.8, 4) is 0 Å². The largest absolute Gasteiger partial charge is 0.390 e. The van der Waals surface area contributed by atoms with Gasteiger partial charge < -0.3 is 9.84 Å². The summed E-state index contributed by atoms with van der Waals surface area (Å²) in [7, 11) is 1.68. The van der Waals surface area contributed by atoms with E-state index >= 15 is 0 Å². The van der Waals surface area contributed by atoms with Gasteiger partial charge in [0.05, 0.1) is 12.2 Å². The maximum absolute atomic E-state index is 9.40. The van der Waals surface area contributed by atoms with Gasteiger partial charge in [-0.05, 0) is 25.2 Å². The third-order valence-corrected chi connectivity index (χ3v) is 2.16. The molecule has 2 heteroatoms. The monoisotopic (exact) mass is 144 g/mol. The Morgan fingerprint density at radius 2 is 2.20 bits per heavy atom. The van der Waals surface area contributed by atoms with E-state index in [1.54, 1.807) is 7.11 Å². The molecule has 0 spiro atoms. The van der Waals surface area contributed by atoms with Crippen molar-refractivity contribution in [2.45, 2.75) is 38.4 Å². The minimum atomic E-state index is -0.252. The summed E-state index contributed by atoms with van der Waals surface area (Å²) < 4.78 is 5.18. The molecule has 0 aromatic heterocycles. The third kappa shape index (κ3) is 1.70. The molecule has 0 radical (unpaired) electrons. The van der Waals surface area contributed by atoms with Gasteiger partial charge in [0.2, 0.25) is 0 Å². The molecule has 1 aliphatic carbocycles. The Labute approximate surface area is 62.2 Å². The molecule has 1 N–H and O–H groups in total. The van der Waals surface area contributed by atoms with Crippen molar-refractivity contribution in [1.29, 1.82) is 0 Å². The Balaban J connectivity index is 2.30. The fourth-order valence-corrected chi connectivity index (χ4v) is 1.32. The van der Waals surface area contributed by atoms with Crippen LogP contribution in [0.5, 0.6) is 0 Å². The third-order valence-electron chi connectivity index (χ3n) is 2.16. The van der Waals surface area contributed by atoms with Crippen LogP contribution in [0.3, 0.4) is 0 Å². The molecule has 1 saturated carbocycles. The zero-order chi connectivity index (χ0) is 7.56. The molecule has 2 atom stereocenters. The van der Waals surface area contributed by atoms with Crippen LogP contribution in [0.4, 0.5) is 0 Å². The van der Waals surface area contributed by atoms with Crippen LogP contribution in [-0.2, 0) is 4.74 Å². The van der Waals surface area contributed by atoms with Crippen LogP contribution in [0.15, 0.2) is 0 Å². The summed E-state index contributed by atoms with van der Waals surface area (Å²) >= 11 is 0. The van der Waals surface area contributed by atoms with Crippen LogP contribution in [0, 0.1) is 5.92 Å². The molecule has 2 unspecified atom stereocenters. The van der Waals surface area contributed by atoms with Crippen LogP contribution in [0.1, 0.15) is 26.2 Å². The molecule has 0 amide bonds. The lowest BCUT2D eigenvalue weighted by Crippen LogP contribution is -2.29. The molecule has 2 nitrogen and oxygen atoms in total. The summed E-state index contributed by atoms with van der Waals surface area (Å²) in [6, 6.07) is 0. The highest BCUT2D eigenvalue weighted by Gasteiger charge is 2.35. The van der Waals surface area contributed by atoms with Gasteiger partial charge in [-0.2, -0.15) is 0 Å². The quantitative estimate of drug-likeness (QED) is 0.642. The first-order chi connectivity index (χ1) is 4.79. The second-order valence-electron chi connectivity index (χ2n) is 3.01. The number of aliphatic hydroxyl groups excluding tert-OH is 1. The molecule has 0 heterocycles. The molecular weight excluding hydrogens is 128 g/mol. The molecule has 0 saturated heterocycles. The van der Waals surface area contributed by atoms with Gasteiger partial charge in [0.1, 0.15) is 0 Å². The van der Waals surface area contributed by atoms with Gasteiger partial charge in [0.25, 0.3) is 0 Å². The summed E-state index contributed by atoms with van der Waals surface area (Å²) in [6.07, 6.45) is 3.11. The second kappa shape index (κ2) is 3.35. The number of ether oxygens (including phenoxy) is 1. The smallest absolute Gasteiger partial charge is 0.0858 e. The van der Waals surface area contributed by atoms with Gasteiger partial charge in [-0.3, -0.25) is 0 Å². The molecule has 0 aromatic carbocycles. The average Bonchev–Trinajstić information content (AvgIpc) is 2.73. The Morgan fingerprint density at radius 3 is 2.50 bits per heavy atom. The Hall–Kier alpha value is -0.0800. The normalized spacial score (nSPS) is 24.3. The van der Waals surface area contributed by atoms with Gasteiger partial charge in [-0.25, -0.2) is 0 Å². The first kappa shape index (κ1) is 8.02. The average molecular weight is 144 g/mol. The molecule has 0 aromatic rings. The molecule has 60 valence electrons. The van der Waals surface area contributed by atoms with Crippen LogP contribution in [0.25, 0.3) is 0 Å². The highest BCUT2D eigenvalue weighted by Crippen LogP contribution is 2.35. The highest BCUT2D eigenvalue weighted by molar-refractivity contribution is 4.85. The van der Waals surface area contributed by atoms with Crippen molar-refractivity contribution < 1.29 is 9.84 Å². The van der Waals surface area contributed by atoms with E-state index < -0.39 is 0 Å². The molecule has 0 aliphatic heterocycles. The highest BCUT2D eigenvalue weighted by atomic mass is 16.5. The standard InChI is InChI=1S/C8H16O2/c1-3-7(9)8(10-2)6-4-5-6/h6-9H,3-5H2,1-2H3. The summed E-state index contributed by atoms with van der Waals surface area (Å²) in [6.45, 7) is 1.99. The zero-order valence-corrected chi connectivity index (χ0v) is 6.71. The first-order valence-corrected chi connectivity index (χ1v) is 4.00. The maximum Gasteiger partial charge on any atom is 0.0858 e. The fourth-order valence-electron chi connectivity index (χ4n) is 1.32. The minimum absolute atomic E-state index is 0.102. The number of aliphatic hydroxyl groups is 1. The predicted molar refractivity (Wildman–Crippen MR) is 39.8 cm³/mol. The van der Waals surface area contributed by atoms with Crippen molar-refractivity contribution >= 4 is 0 Å². The minimum Gasteiger partial charge on any atom is -0.390 e. The number of hydrogen-bond donors (Lipinski definition) is 1. The van der Waals surface area contributed by atoms with E-state index in [4.69, 9.17) is 4.74 Å². The van der Waals surface area contributed by atoms with Crippen LogP contribution in [-0.4, -0.2) is 24.4 Å². The van der Waals surface area contributed by atoms with E-state index in [0.29, 0.717) is 5.92 Å².